The molecule has 0 N–H and O–H groups in total. The molecule has 1 aromatic rings. The Morgan fingerprint density at radius 3 is 2.64 bits per heavy atom. The molecule has 0 radical (unpaired) electrons. The van der Waals surface area contributed by atoms with Gasteiger partial charge in [-0.15, -0.1) is 0 Å². The maximum absolute atomic E-state index is 12.2. The number of carbonyl (C=O) groups is 2. The van der Waals surface area contributed by atoms with E-state index in [0.29, 0.717) is 13.0 Å². The van der Waals surface area contributed by atoms with Crippen LogP contribution in [-0.2, 0) is 9.59 Å². The van der Waals surface area contributed by atoms with E-state index in [-0.39, 0.29) is 25.5 Å². The first-order chi connectivity index (χ1) is 10.7. The first-order valence-corrected chi connectivity index (χ1v) is 9.30. The molecule has 0 unspecified atom stereocenters. The Kier molecular flexibility index (Phi) is 6.63. The topological polar surface area (TPSA) is 37.4 Å². The fourth-order valence-electron chi connectivity index (χ4n) is 2.45. The quantitative estimate of drug-likeness (QED) is 0.552. The van der Waals surface area contributed by atoms with Crippen molar-refractivity contribution in [2.75, 3.05) is 6.54 Å². The molecule has 1 amide bonds. The molecule has 2 rings (SSSR count). The van der Waals surface area contributed by atoms with E-state index >= 15 is 0 Å². The van der Waals surface area contributed by atoms with Crippen molar-refractivity contribution in [1.82, 2.24) is 4.90 Å². The first-order valence-electron chi connectivity index (χ1n) is 7.59. The molecule has 0 aliphatic heterocycles. The van der Waals surface area contributed by atoms with Crippen molar-refractivity contribution in [2.45, 2.75) is 32.1 Å². The molecular formula is C18H21NO2Se. The van der Waals surface area contributed by atoms with Gasteiger partial charge < -0.3 is 0 Å². The van der Waals surface area contributed by atoms with Crippen LogP contribution in [0.1, 0.15) is 32.1 Å². The van der Waals surface area contributed by atoms with Crippen LogP contribution in [0.25, 0.3) is 0 Å². The van der Waals surface area contributed by atoms with Crippen molar-refractivity contribution < 1.29 is 9.59 Å². The van der Waals surface area contributed by atoms with E-state index in [2.05, 4.69) is 12.7 Å². The Bertz CT molecular complexity index is 566. The standard InChI is InChI=1S/C18H21NO2Se/c1-2-17(20)19(15-9-5-3-6-10-15)14-13-18(21)22-16-11-7-4-8-12-16/h2,4,7-9,11-12H,1,3,5-6,10,13-14H2. The summed E-state index contributed by atoms with van der Waals surface area (Å²) in [6.07, 6.45) is 8.08. The van der Waals surface area contributed by atoms with Gasteiger partial charge in [-0.1, -0.05) is 0 Å². The summed E-state index contributed by atoms with van der Waals surface area (Å²) in [5.41, 5.74) is 1.05. The van der Waals surface area contributed by atoms with E-state index < -0.39 is 0 Å². The Labute approximate surface area is 138 Å². The Morgan fingerprint density at radius 1 is 1.23 bits per heavy atom. The van der Waals surface area contributed by atoms with Gasteiger partial charge in [0.2, 0.25) is 0 Å². The molecular weight excluding hydrogens is 341 g/mol. The molecule has 1 aliphatic rings. The molecule has 1 aromatic carbocycles. The fourth-order valence-corrected chi connectivity index (χ4v) is 4.02. The Hall–Kier alpha value is -1.64. The predicted molar refractivity (Wildman–Crippen MR) is 89.9 cm³/mol. The molecule has 116 valence electrons. The van der Waals surface area contributed by atoms with Crippen molar-refractivity contribution in [1.29, 1.82) is 0 Å². The third-order valence-corrected chi connectivity index (χ3v) is 5.54. The zero-order valence-corrected chi connectivity index (χ0v) is 14.4. The number of benzene rings is 1. The molecule has 0 spiro atoms. The second-order valence-electron chi connectivity index (χ2n) is 5.17. The van der Waals surface area contributed by atoms with Crippen LogP contribution in [0, 0.1) is 0 Å². The van der Waals surface area contributed by atoms with Crippen LogP contribution in [0.4, 0.5) is 0 Å². The van der Waals surface area contributed by atoms with Gasteiger partial charge in [-0.2, -0.15) is 0 Å². The summed E-state index contributed by atoms with van der Waals surface area (Å²) in [5.74, 6) is -0.104. The fraction of sp³-hybridized carbons (Fsp3) is 0.333. The second-order valence-corrected chi connectivity index (χ2v) is 7.55. The molecule has 0 fully saturated rings. The van der Waals surface area contributed by atoms with Gasteiger partial charge >= 0.3 is 138 Å². The number of hydrogen-bond acceptors (Lipinski definition) is 2. The SMILES string of the molecule is C=CC(=O)N(CCC(=O)[Se]c1ccccc1)C1=CCCCC1. The van der Waals surface area contributed by atoms with Crippen LogP contribution in [0.15, 0.2) is 54.8 Å². The first kappa shape index (κ1) is 16.7. The maximum atomic E-state index is 12.2. The second kappa shape index (κ2) is 8.72. The van der Waals surface area contributed by atoms with Crippen LogP contribution in [0.5, 0.6) is 0 Å². The summed E-state index contributed by atoms with van der Waals surface area (Å²) >= 11 is -0.175. The number of amides is 1. The van der Waals surface area contributed by atoms with Gasteiger partial charge in [0.05, 0.1) is 0 Å². The van der Waals surface area contributed by atoms with Gasteiger partial charge in [-0.3, -0.25) is 0 Å². The number of rotatable bonds is 7. The number of carbonyl (C=O) groups excluding carboxylic acids is 2. The van der Waals surface area contributed by atoms with Gasteiger partial charge in [-0.05, 0) is 0 Å². The monoisotopic (exact) mass is 363 g/mol. The van der Waals surface area contributed by atoms with Gasteiger partial charge in [0.25, 0.3) is 0 Å². The van der Waals surface area contributed by atoms with Gasteiger partial charge in [0.15, 0.2) is 0 Å². The summed E-state index contributed by atoms with van der Waals surface area (Å²) in [6, 6.07) is 9.81. The molecule has 0 saturated heterocycles. The van der Waals surface area contributed by atoms with E-state index in [1.54, 1.807) is 4.90 Å². The molecule has 22 heavy (non-hydrogen) atoms. The molecule has 4 heteroatoms. The molecule has 0 atom stereocenters. The molecule has 1 aliphatic carbocycles. The molecule has 0 saturated carbocycles. The van der Waals surface area contributed by atoms with E-state index in [9.17, 15) is 9.59 Å². The normalized spacial score (nSPS) is 14.1. The van der Waals surface area contributed by atoms with Crippen LogP contribution in [0.3, 0.4) is 0 Å². The molecule has 0 aromatic heterocycles. The average Bonchev–Trinajstić information content (AvgIpc) is 2.56. The van der Waals surface area contributed by atoms with E-state index in [0.717, 1.165) is 29.4 Å². The molecule has 0 bridgehead atoms. The minimum atomic E-state index is -0.175. The van der Waals surface area contributed by atoms with Crippen molar-refractivity contribution in [3.63, 3.8) is 0 Å². The minimum absolute atomic E-state index is 0.104. The average molecular weight is 362 g/mol. The van der Waals surface area contributed by atoms with Crippen molar-refractivity contribution in [3.05, 3.63) is 54.8 Å². The van der Waals surface area contributed by atoms with Gasteiger partial charge in [-0.25, -0.2) is 0 Å². The van der Waals surface area contributed by atoms with Crippen molar-refractivity contribution in [2.24, 2.45) is 0 Å². The van der Waals surface area contributed by atoms with Crippen LogP contribution in [0.2, 0.25) is 0 Å². The van der Waals surface area contributed by atoms with Crippen molar-refractivity contribution in [3.8, 4) is 0 Å². The third-order valence-electron chi connectivity index (χ3n) is 3.57. The van der Waals surface area contributed by atoms with Crippen LogP contribution in [-0.4, -0.2) is 37.0 Å². The zero-order chi connectivity index (χ0) is 15.8. The van der Waals surface area contributed by atoms with Crippen molar-refractivity contribution >= 4 is 30.0 Å². The number of hydrogen-bond donors (Lipinski definition) is 0. The molecule has 0 heterocycles. The number of allylic oxidation sites excluding steroid dienone is 2. The predicted octanol–water partition coefficient (Wildman–Crippen LogP) is 2.41. The Balaban J connectivity index is 1.93. The van der Waals surface area contributed by atoms with E-state index in [4.69, 9.17) is 0 Å². The summed E-state index contributed by atoms with van der Waals surface area (Å²) in [5, 5.41) is 0. The van der Waals surface area contributed by atoms with Crippen LogP contribution >= 0.6 is 0 Å². The van der Waals surface area contributed by atoms with Gasteiger partial charge in [0, 0.05) is 0 Å². The zero-order valence-electron chi connectivity index (χ0n) is 12.7. The van der Waals surface area contributed by atoms with Gasteiger partial charge in [0.1, 0.15) is 0 Å². The van der Waals surface area contributed by atoms with E-state index in [1.807, 2.05) is 30.3 Å². The number of nitrogens with zero attached hydrogens (tertiary/aromatic N) is 1. The summed E-state index contributed by atoms with van der Waals surface area (Å²) < 4.78 is 1.30. The third kappa shape index (κ3) is 4.97. The van der Waals surface area contributed by atoms with Crippen LogP contribution < -0.4 is 4.46 Å². The summed E-state index contributed by atoms with van der Waals surface area (Å²) in [4.78, 5) is 25.9. The van der Waals surface area contributed by atoms with E-state index in [1.165, 1.54) is 12.5 Å². The Morgan fingerprint density at radius 2 is 2.00 bits per heavy atom. The summed E-state index contributed by atoms with van der Waals surface area (Å²) in [6.45, 7) is 4.03. The molecule has 3 nitrogen and oxygen atoms in total. The summed E-state index contributed by atoms with van der Waals surface area (Å²) in [7, 11) is 0.